The first kappa shape index (κ1) is 22.3. The molecule has 0 atom stereocenters. The van der Waals surface area contributed by atoms with Crippen LogP contribution in [0.15, 0.2) is 52.1 Å². The molecule has 2 aromatic heterocycles. The van der Waals surface area contributed by atoms with Crippen LogP contribution in [0.1, 0.15) is 10.4 Å². The number of halogens is 3. The quantitative estimate of drug-likeness (QED) is 0.440. The minimum absolute atomic E-state index is 0.184. The molecule has 0 aliphatic rings. The fraction of sp³-hybridized carbons (Fsp3) is 0.136. The minimum atomic E-state index is -0.698. The molecule has 0 saturated heterocycles. The third kappa shape index (κ3) is 3.97. The van der Waals surface area contributed by atoms with Crippen molar-refractivity contribution >= 4 is 56.3 Å². The summed E-state index contributed by atoms with van der Waals surface area (Å²) in [6.07, 6.45) is 0. The molecule has 0 unspecified atom stereocenters. The van der Waals surface area contributed by atoms with Crippen molar-refractivity contribution < 1.29 is 9.18 Å². The fourth-order valence-electron chi connectivity index (χ4n) is 3.36. The van der Waals surface area contributed by atoms with Crippen LogP contribution in [-0.4, -0.2) is 15.0 Å². The molecule has 4 rings (SSSR count). The van der Waals surface area contributed by atoms with Gasteiger partial charge in [0, 0.05) is 10.6 Å². The Morgan fingerprint density at radius 3 is 2.53 bits per heavy atom. The smallest absolute Gasteiger partial charge is 0.324 e. The summed E-state index contributed by atoms with van der Waals surface area (Å²) in [7, 11) is 0. The molecular weight excluding hydrogens is 476 g/mol. The maximum absolute atomic E-state index is 13.4. The van der Waals surface area contributed by atoms with Gasteiger partial charge in [-0.3, -0.25) is 14.2 Å². The zero-order chi connectivity index (χ0) is 23.2. The van der Waals surface area contributed by atoms with Gasteiger partial charge in [-0.1, -0.05) is 29.3 Å². The Morgan fingerprint density at radius 2 is 1.84 bits per heavy atom. The summed E-state index contributed by atoms with van der Waals surface area (Å²) < 4.78 is 15.7. The summed E-state index contributed by atoms with van der Waals surface area (Å²) in [4.78, 5) is 40.6. The molecule has 4 aromatic rings. The lowest BCUT2D eigenvalue weighted by atomic mass is 10.2. The van der Waals surface area contributed by atoms with Gasteiger partial charge >= 0.3 is 5.69 Å². The van der Waals surface area contributed by atoms with Crippen molar-refractivity contribution in [1.82, 2.24) is 9.13 Å². The van der Waals surface area contributed by atoms with Gasteiger partial charge in [0.15, 0.2) is 0 Å². The molecular formula is C22H16Cl2FN3O3S. The third-order valence-corrected chi connectivity index (χ3v) is 6.99. The molecule has 0 fully saturated rings. The number of aryl methyl sites for hydroxylation is 2. The number of anilines is 1. The van der Waals surface area contributed by atoms with E-state index in [9.17, 15) is 18.8 Å². The number of hydrogen-bond donors (Lipinski definition) is 1. The molecule has 0 aliphatic carbocycles. The van der Waals surface area contributed by atoms with Gasteiger partial charge in [-0.25, -0.2) is 13.8 Å². The van der Waals surface area contributed by atoms with E-state index in [1.807, 2.05) is 6.92 Å². The highest BCUT2D eigenvalue weighted by Gasteiger charge is 2.21. The number of carbonyl (C=O) groups excluding carboxylic acids is 1. The fourth-order valence-corrected chi connectivity index (χ4v) is 4.79. The van der Waals surface area contributed by atoms with Crippen molar-refractivity contribution in [2.75, 3.05) is 5.32 Å². The van der Waals surface area contributed by atoms with Crippen LogP contribution in [0.25, 0.3) is 15.9 Å². The van der Waals surface area contributed by atoms with Crippen LogP contribution in [0.5, 0.6) is 0 Å². The van der Waals surface area contributed by atoms with Gasteiger partial charge < -0.3 is 5.32 Å². The average Bonchev–Trinajstić information content (AvgIpc) is 3.02. The first-order valence-corrected chi connectivity index (χ1v) is 11.0. The zero-order valence-electron chi connectivity index (χ0n) is 16.9. The third-order valence-electron chi connectivity index (χ3n) is 5.02. The molecule has 0 spiro atoms. The van der Waals surface area contributed by atoms with Gasteiger partial charge in [0.2, 0.25) is 5.91 Å². The van der Waals surface area contributed by atoms with Crippen LogP contribution in [0.4, 0.5) is 10.1 Å². The Balaban J connectivity index is 1.89. The molecule has 2 heterocycles. The number of benzene rings is 2. The Kier molecular flexibility index (Phi) is 5.94. The minimum Gasteiger partial charge on any atom is -0.324 e. The van der Waals surface area contributed by atoms with Crippen LogP contribution in [0.3, 0.4) is 0 Å². The van der Waals surface area contributed by atoms with Crippen LogP contribution >= 0.6 is 34.5 Å². The van der Waals surface area contributed by atoms with Crippen LogP contribution in [-0.2, 0) is 11.3 Å². The van der Waals surface area contributed by atoms with Gasteiger partial charge in [0.05, 0.1) is 21.1 Å². The molecule has 6 nitrogen and oxygen atoms in total. The molecule has 32 heavy (non-hydrogen) atoms. The van der Waals surface area contributed by atoms with Crippen molar-refractivity contribution in [3.8, 4) is 5.69 Å². The Morgan fingerprint density at radius 1 is 1.09 bits per heavy atom. The number of amides is 1. The molecule has 0 saturated carbocycles. The van der Waals surface area contributed by atoms with E-state index in [2.05, 4.69) is 5.32 Å². The van der Waals surface area contributed by atoms with E-state index in [4.69, 9.17) is 23.2 Å². The van der Waals surface area contributed by atoms with Crippen LogP contribution in [0, 0.1) is 19.7 Å². The van der Waals surface area contributed by atoms with E-state index >= 15 is 0 Å². The molecule has 1 N–H and O–H groups in total. The highest BCUT2D eigenvalue weighted by atomic mass is 35.5. The Hall–Kier alpha value is -2.94. The summed E-state index contributed by atoms with van der Waals surface area (Å²) in [5.74, 6) is -1.04. The number of rotatable bonds is 4. The SMILES string of the molecule is Cc1sc2c(c1C)c(=O)n(-c1ccc(Cl)c(Cl)c1)c(=O)n2CC(=O)Nc1cccc(F)c1. The summed E-state index contributed by atoms with van der Waals surface area (Å²) in [5.41, 5.74) is 0.0149. The lowest BCUT2D eigenvalue weighted by Gasteiger charge is -2.13. The second kappa shape index (κ2) is 8.54. The van der Waals surface area contributed by atoms with Gasteiger partial charge in [-0.15, -0.1) is 11.3 Å². The molecule has 0 bridgehead atoms. The number of carbonyl (C=O) groups is 1. The Labute approximate surface area is 195 Å². The largest absolute Gasteiger partial charge is 0.337 e. The monoisotopic (exact) mass is 491 g/mol. The van der Waals surface area contributed by atoms with E-state index < -0.39 is 23.0 Å². The molecule has 0 aliphatic heterocycles. The van der Waals surface area contributed by atoms with Gasteiger partial charge in [-0.05, 0) is 55.8 Å². The van der Waals surface area contributed by atoms with Crippen molar-refractivity contribution in [3.05, 3.63) is 89.6 Å². The number of fused-ring (bicyclic) bond motifs is 1. The maximum Gasteiger partial charge on any atom is 0.337 e. The van der Waals surface area contributed by atoms with E-state index in [0.29, 0.717) is 10.2 Å². The summed E-state index contributed by atoms with van der Waals surface area (Å²) in [6.45, 7) is 3.26. The topological polar surface area (TPSA) is 73.1 Å². The van der Waals surface area contributed by atoms with Crippen molar-refractivity contribution in [2.45, 2.75) is 20.4 Å². The molecule has 2 aromatic carbocycles. The summed E-state index contributed by atoms with van der Waals surface area (Å²) in [6, 6.07) is 9.85. The van der Waals surface area contributed by atoms with E-state index in [0.717, 1.165) is 15.0 Å². The highest BCUT2D eigenvalue weighted by Crippen LogP contribution is 2.28. The van der Waals surface area contributed by atoms with E-state index in [-0.39, 0.29) is 28.0 Å². The van der Waals surface area contributed by atoms with Crippen molar-refractivity contribution in [2.24, 2.45) is 0 Å². The van der Waals surface area contributed by atoms with Gasteiger partial charge in [-0.2, -0.15) is 0 Å². The molecule has 164 valence electrons. The van der Waals surface area contributed by atoms with Crippen molar-refractivity contribution in [3.63, 3.8) is 0 Å². The van der Waals surface area contributed by atoms with Gasteiger partial charge in [0.1, 0.15) is 17.2 Å². The number of aromatic nitrogens is 2. The average molecular weight is 492 g/mol. The second-order valence-corrected chi connectivity index (χ2v) is 9.15. The lowest BCUT2D eigenvalue weighted by molar-refractivity contribution is -0.116. The summed E-state index contributed by atoms with van der Waals surface area (Å²) in [5, 5.41) is 3.38. The van der Waals surface area contributed by atoms with Crippen LogP contribution < -0.4 is 16.6 Å². The molecule has 10 heteroatoms. The Bertz CT molecular complexity index is 1510. The van der Waals surface area contributed by atoms with Crippen molar-refractivity contribution in [1.29, 1.82) is 0 Å². The predicted molar refractivity (Wildman–Crippen MR) is 126 cm³/mol. The highest BCUT2D eigenvalue weighted by molar-refractivity contribution is 7.18. The van der Waals surface area contributed by atoms with E-state index in [1.54, 1.807) is 6.92 Å². The first-order valence-electron chi connectivity index (χ1n) is 9.43. The normalized spacial score (nSPS) is 11.2. The first-order chi connectivity index (χ1) is 15.2. The number of nitrogens with one attached hydrogen (secondary N) is 1. The lowest BCUT2D eigenvalue weighted by Crippen LogP contribution is -2.40. The molecule has 1 amide bonds. The predicted octanol–water partition coefficient (Wildman–Crippen LogP) is 4.92. The zero-order valence-corrected chi connectivity index (χ0v) is 19.2. The number of thiophene rings is 1. The number of hydrogen-bond acceptors (Lipinski definition) is 4. The standard InChI is InChI=1S/C22H16Cl2FN3O3S/c1-11-12(2)32-21-19(11)20(30)28(15-6-7-16(23)17(24)9-15)22(31)27(21)10-18(29)26-14-5-3-4-13(25)8-14/h3-9H,10H2,1-2H3,(H,26,29). The second-order valence-electron chi connectivity index (χ2n) is 7.13. The van der Waals surface area contributed by atoms with Gasteiger partial charge in [0.25, 0.3) is 5.56 Å². The van der Waals surface area contributed by atoms with Crippen LogP contribution in [0.2, 0.25) is 10.0 Å². The maximum atomic E-state index is 13.4. The molecule has 0 radical (unpaired) electrons. The summed E-state index contributed by atoms with van der Waals surface area (Å²) >= 11 is 13.3. The number of nitrogens with zero attached hydrogens (tertiary/aromatic N) is 2. The van der Waals surface area contributed by atoms with E-state index in [1.165, 1.54) is 58.4 Å².